The summed E-state index contributed by atoms with van der Waals surface area (Å²) in [6.45, 7) is 4.33. The van der Waals surface area contributed by atoms with Crippen molar-refractivity contribution in [3.63, 3.8) is 0 Å². The minimum atomic E-state index is -4.27. The van der Waals surface area contributed by atoms with Crippen LogP contribution < -0.4 is 0 Å². The molecule has 0 bridgehead atoms. The van der Waals surface area contributed by atoms with Gasteiger partial charge >= 0.3 is 10.1 Å². The molecule has 128 valence electrons. The van der Waals surface area contributed by atoms with Crippen molar-refractivity contribution in [3.8, 4) is 0 Å². The predicted octanol–water partition coefficient (Wildman–Crippen LogP) is 5.55. The van der Waals surface area contributed by atoms with E-state index >= 15 is 0 Å². The molecular formula is C17H30O4S. The highest BCUT2D eigenvalue weighted by molar-refractivity contribution is 7.85. The van der Waals surface area contributed by atoms with E-state index in [1.54, 1.807) is 6.07 Å². The van der Waals surface area contributed by atoms with Crippen molar-refractivity contribution < 1.29 is 17.4 Å². The van der Waals surface area contributed by atoms with E-state index in [9.17, 15) is 13.0 Å². The summed E-state index contributed by atoms with van der Waals surface area (Å²) < 4.78 is 37.1. The molecule has 0 amide bonds. The number of unbranched alkanes of at least 4 members (excludes halogenated alkanes) is 6. The molecular weight excluding hydrogens is 300 g/mol. The highest BCUT2D eigenvalue weighted by Crippen LogP contribution is 2.33. The maximum Gasteiger partial charge on any atom is 0.328 e. The van der Waals surface area contributed by atoms with E-state index in [0.29, 0.717) is 5.56 Å². The van der Waals surface area contributed by atoms with Gasteiger partial charge in [0, 0.05) is 5.56 Å². The molecule has 0 aromatic carbocycles. The number of hydrogen-bond acceptors (Lipinski definition) is 3. The number of furan rings is 1. The lowest BCUT2D eigenvalue weighted by atomic mass is 9.90. The first-order valence-electron chi connectivity index (χ1n) is 8.55. The van der Waals surface area contributed by atoms with Crippen LogP contribution in [0.15, 0.2) is 21.8 Å². The van der Waals surface area contributed by atoms with Gasteiger partial charge in [0.1, 0.15) is 0 Å². The van der Waals surface area contributed by atoms with Crippen molar-refractivity contribution in [2.24, 2.45) is 0 Å². The second-order valence-corrected chi connectivity index (χ2v) is 7.35. The summed E-state index contributed by atoms with van der Waals surface area (Å²) in [5, 5.41) is -0.264. The van der Waals surface area contributed by atoms with Gasteiger partial charge in [-0.1, -0.05) is 65.2 Å². The van der Waals surface area contributed by atoms with E-state index in [1.807, 2.05) is 0 Å². The van der Waals surface area contributed by atoms with Crippen molar-refractivity contribution in [1.29, 1.82) is 0 Å². The van der Waals surface area contributed by atoms with Gasteiger partial charge in [0.2, 0.25) is 5.09 Å². The zero-order valence-electron chi connectivity index (χ0n) is 13.9. The van der Waals surface area contributed by atoms with E-state index < -0.39 is 10.1 Å². The Bertz CT molecular complexity index is 504. The van der Waals surface area contributed by atoms with Crippen LogP contribution in [0.5, 0.6) is 0 Å². The summed E-state index contributed by atoms with van der Waals surface area (Å²) in [7, 11) is -4.27. The molecule has 1 unspecified atom stereocenters. The first-order chi connectivity index (χ1) is 10.5. The maximum atomic E-state index is 11.4. The Hall–Kier alpha value is -0.810. The Balaban J connectivity index is 2.63. The fourth-order valence-corrected chi connectivity index (χ4v) is 3.60. The third-order valence-corrected chi connectivity index (χ3v) is 4.95. The molecule has 0 aliphatic rings. The van der Waals surface area contributed by atoms with Crippen molar-refractivity contribution in [2.45, 2.75) is 89.1 Å². The van der Waals surface area contributed by atoms with Crippen molar-refractivity contribution in [2.75, 3.05) is 0 Å². The SMILES string of the molecule is CCCCCCCCC(CCCC)c1ccoc1S(=O)(=O)O. The van der Waals surface area contributed by atoms with Crippen molar-refractivity contribution in [1.82, 2.24) is 0 Å². The molecule has 0 spiro atoms. The normalized spacial score (nSPS) is 13.4. The van der Waals surface area contributed by atoms with E-state index in [1.165, 1.54) is 38.4 Å². The standard InChI is InChI=1S/C17H30O4S/c1-3-5-7-8-9-10-12-15(11-6-4-2)16-13-14-21-17(16)22(18,19)20/h13-15H,3-12H2,1-2H3,(H,18,19,20). The predicted molar refractivity (Wildman–Crippen MR) is 88.8 cm³/mol. The van der Waals surface area contributed by atoms with Crippen LogP contribution in [-0.2, 0) is 10.1 Å². The topological polar surface area (TPSA) is 67.5 Å². The Morgan fingerprint density at radius 1 is 1.00 bits per heavy atom. The fourth-order valence-electron chi connectivity index (χ4n) is 2.89. The maximum absolute atomic E-state index is 11.4. The largest absolute Gasteiger partial charge is 0.451 e. The van der Waals surface area contributed by atoms with Crippen molar-refractivity contribution >= 4 is 10.1 Å². The first-order valence-corrected chi connectivity index (χ1v) is 9.99. The van der Waals surface area contributed by atoms with Crippen molar-refractivity contribution in [3.05, 3.63) is 17.9 Å². The molecule has 0 aliphatic heterocycles. The highest BCUT2D eigenvalue weighted by atomic mass is 32.2. The number of hydrogen-bond donors (Lipinski definition) is 1. The van der Waals surface area contributed by atoms with E-state index in [0.717, 1.165) is 32.1 Å². The Labute approximate surface area is 135 Å². The molecule has 0 saturated heterocycles. The van der Waals surface area contributed by atoms with Gasteiger partial charge in [0.05, 0.1) is 6.26 Å². The minimum Gasteiger partial charge on any atom is -0.451 e. The molecule has 0 aliphatic carbocycles. The van der Waals surface area contributed by atoms with E-state index in [-0.39, 0.29) is 11.0 Å². The summed E-state index contributed by atoms with van der Waals surface area (Å²) in [4.78, 5) is 0. The zero-order valence-corrected chi connectivity index (χ0v) is 14.7. The Kier molecular flexibility index (Phi) is 8.79. The fraction of sp³-hybridized carbons (Fsp3) is 0.765. The third kappa shape index (κ3) is 6.53. The summed E-state index contributed by atoms with van der Waals surface area (Å²) >= 11 is 0. The molecule has 1 rings (SSSR count). The summed E-state index contributed by atoms with van der Waals surface area (Å²) in [6.07, 6.45) is 12.7. The summed E-state index contributed by atoms with van der Waals surface area (Å²) in [6, 6.07) is 1.69. The highest BCUT2D eigenvalue weighted by Gasteiger charge is 2.25. The van der Waals surface area contributed by atoms with Crippen LogP contribution in [0, 0.1) is 0 Å². The van der Waals surface area contributed by atoms with Crippen LogP contribution in [0.2, 0.25) is 0 Å². The third-order valence-electron chi connectivity index (χ3n) is 4.14. The van der Waals surface area contributed by atoms with Crippen LogP contribution in [0.3, 0.4) is 0 Å². The van der Waals surface area contributed by atoms with Gasteiger partial charge in [-0.15, -0.1) is 0 Å². The van der Waals surface area contributed by atoms with Gasteiger partial charge in [-0.25, -0.2) is 0 Å². The van der Waals surface area contributed by atoms with Gasteiger partial charge < -0.3 is 4.42 Å². The monoisotopic (exact) mass is 330 g/mol. The molecule has 1 aromatic heterocycles. The lowest BCUT2D eigenvalue weighted by Gasteiger charge is -2.16. The molecule has 0 radical (unpaired) electrons. The smallest absolute Gasteiger partial charge is 0.328 e. The van der Waals surface area contributed by atoms with Crippen LogP contribution in [0.4, 0.5) is 0 Å². The molecule has 0 saturated carbocycles. The first kappa shape index (κ1) is 19.2. The second kappa shape index (κ2) is 10.1. The average molecular weight is 330 g/mol. The van der Waals surface area contributed by atoms with Crippen LogP contribution in [0.25, 0.3) is 0 Å². The average Bonchev–Trinajstić information content (AvgIpc) is 2.95. The van der Waals surface area contributed by atoms with E-state index in [4.69, 9.17) is 4.42 Å². The van der Waals surface area contributed by atoms with Gasteiger partial charge in [0.15, 0.2) is 0 Å². The van der Waals surface area contributed by atoms with Crippen LogP contribution in [-0.4, -0.2) is 13.0 Å². The van der Waals surface area contributed by atoms with Crippen LogP contribution in [0.1, 0.15) is 89.5 Å². The summed E-state index contributed by atoms with van der Waals surface area (Å²) in [5.74, 6) is 0.154. The number of rotatable bonds is 12. The molecule has 1 atom stereocenters. The quantitative estimate of drug-likeness (QED) is 0.403. The van der Waals surface area contributed by atoms with Gasteiger partial charge in [-0.2, -0.15) is 8.42 Å². The van der Waals surface area contributed by atoms with Gasteiger partial charge in [-0.3, -0.25) is 4.55 Å². The Morgan fingerprint density at radius 3 is 2.23 bits per heavy atom. The molecule has 22 heavy (non-hydrogen) atoms. The molecule has 0 fully saturated rings. The summed E-state index contributed by atoms with van der Waals surface area (Å²) in [5.41, 5.74) is 0.643. The van der Waals surface area contributed by atoms with E-state index in [2.05, 4.69) is 13.8 Å². The molecule has 4 nitrogen and oxygen atoms in total. The van der Waals surface area contributed by atoms with Gasteiger partial charge in [-0.05, 0) is 24.8 Å². The van der Waals surface area contributed by atoms with Crippen LogP contribution >= 0.6 is 0 Å². The zero-order chi connectivity index (χ0) is 16.4. The lowest BCUT2D eigenvalue weighted by Crippen LogP contribution is -2.06. The molecule has 1 heterocycles. The second-order valence-electron chi connectivity index (χ2n) is 6.03. The Morgan fingerprint density at radius 2 is 1.59 bits per heavy atom. The minimum absolute atomic E-state index is 0.154. The molecule has 5 heteroatoms. The molecule has 1 aromatic rings. The lowest BCUT2D eigenvalue weighted by molar-refractivity contribution is 0.392. The molecule has 1 N–H and O–H groups in total. The van der Waals surface area contributed by atoms with Gasteiger partial charge in [0.25, 0.3) is 0 Å².